The Labute approximate surface area is 130 Å². The topological polar surface area (TPSA) is 65.2 Å². The van der Waals surface area contributed by atoms with Crippen molar-refractivity contribution in [3.05, 3.63) is 29.2 Å². The molecule has 0 radical (unpaired) electrons. The summed E-state index contributed by atoms with van der Waals surface area (Å²) in [7, 11) is 0. The summed E-state index contributed by atoms with van der Waals surface area (Å²) in [5.74, 6) is 1.30. The lowest BCUT2D eigenvalue weighted by Gasteiger charge is -2.26. The van der Waals surface area contributed by atoms with Gasteiger partial charge in [0.2, 0.25) is 0 Å². The fraction of sp³-hybridized carbons (Fsp3) is 0.562. The normalized spacial score (nSPS) is 16.0. The van der Waals surface area contributed by atoms with Crippen LogP contribution in [-0.2, 0) is 6.42 Å². The number of ether oxygens (including phenoxy) is 1. The second kappa shape index (κ2) is 6.87. The summed E-state index contributed by atoms with van der Waals surface area (Å²) in [6.45, 7) is 5.88. The average Bonchev–Trinajstić information content (AvgIpc) is 2.55. The van der Waals surface area contributed by atoms with Gasteiger partial charge in [-0.3, -0.25) is 4.90 Å². The Hall–Kier alpha value is -1.95. The summed E-state index contributed by atoms with van der Waals surface area (Å²) in [5, 5.41) is 15.7. The van der Waals surface area contributed by atoms with E-state index in [-0.39, 0.29) is 0 Å². The monoisotopic (exact) mass is 302 g/mol. The average molecular weight is 302 g/mol. The molecule has 1 aliphatic rings. The van der Waals surface area contributed by atoms with Gasteiger partial charge in [-0.2, -0.15) is 0 Å². The third kappa shape index (κ3) is 3.44. The Morgan fingerprint density at radius 1 is 1.27 bits per heavy atom. The lowest BCUT2D eigenvalue weighted by atomic mass is 10.1. The van der Waals surface area contributed by atoms with Gasteiger partial charge in [-0.25, -0.2) is 4.98 Å². The standard InChI is InChI=1S/C16H22N4O2/c1-2-16-17-14-12-13(6-7-15(14)20(21)18-16)22-11-10-19-8-4-3-5-9-19/h6-7,12H,2-5,8-11H2,1H3. The van der Waals surface area contributed by atoms with Crippen molar-refractivity contribution in [2.24, 2.45) is 0 Å². The first-order valence-electron chi connectivity index (χ1n) is 8.02. The summed E-state index contributed by atoms with van der Waals surface area (Å²) in [6.07, 6.45) is 4.56. The number of hydrogen-bond donors (Lipinski definition) is 0. The van der Waals surface area contributed by atoms with Gasteiger partial charge in [0.05, 0.1) is 0 Å². The second-order valence-corrected chi connectivity index (χ2v) is 5.66. The lowest BCUT2D eigenvalue weighted by molar-refractivity contribution is -0.644. The predicted octanol–water partition coefficient (Wildman–Crippen LogP) is 1.69. The van der Waals surface area contributed by atoms with E-state index in [0.29, 0.717) is 34.7 Å². The van der Waals surface area contributed by atoms with Crippen LogP contribution in [0, 0.1) is 5.21 Å². The van der Waals surface area contributed by atoms with E-state index >= 15 is 0 Å². The van der Waals surface area contributed by atoms with Crippen molar-refractivity contribution in [2.45, 2.75) is 32.6 Å². The van der Waals surface area contributed by atoms with Crippen LogP contribution in [0.3, 0.4) is 0 Å². The largest absolute Gasteiger partial charge is 0.594 e. The molecule has 1 fully saturated rings. The van der Waals surface area contributed by atoms with Gasteiger partial charge in [-0.05, 0) is 36.8 Å². The van der Waals surface area contributed by atoms with Gasteiger partial charge in [0, 0.05) is 30.2 Å². The number of aryl methyl sites for hydroxylation is 1. The van der Waals surface area contributed by atoms with E-state index in [1.165, 1.54) is 32.4 Å². The van der Waals surface area contributed by atoms with Crippen molar-refractivity contribution < 1.29 is 9.58 Å². The Morgan fingerprint density at radius 2 is 2.09 bits per heavy atom. The highest BCUT2D eigenvalue weighted by atomic mass is 16.5. The summed E-state index contributed by atoms with van der Waals surface area (Å²) >= 11 is 0. The SMILES string of the molecule is CCc1nc2cc(OCCN3CCCCC3)ccc2[n+]([O-])n1. The minimum Gasteiger partial charge on any atom is -0.594 e. The van der Waals surface area contributed by atoms with Gasteiger partial charge in [-0.1, -0.05) is 13.3 Å². The highest BCUT2D eigenvalue weighted by Gasteiger charge is 2.12. The zero-order chi connectivity index (χ0) is 15.4. The molecule has 6 nitrogen and oxygen atoms in total. The zero-order valence-electron chi connectivity index (χ0n) is 13.0. The van der Waals surface area contributed by atoms with Crippen LogP contribution in [0.15, 0.2) is 18.2 Å². The minimum atomic E-state index is 0.473. The molecule has 0 unspecified atom stereocenters. The first-order valence-corrected chi connectivity index (χ1v) is 8.02. The first-order chi connectivity index (χ1) is 10.8. The van der Waals surface area contributed by atoms with Crippen LogP contribution in [0.2, 0.25) is 0 Å². The number of nitrogens with zero attached hydrogens (tertiary/aromatic N) is 4. The summed E-state index contributed by atoms with van der Waals surface area (Å²) < 4.78 is 5.82. The Kier molecular flexibility index (Phi) is 4.68. The highest BCUT2D eigenvalue weighted by molar-refractivity contribution is 5.72. The molecule has 0 bridgehead atoms. The van der Waals surface area contributed by atoms with Crippen LogP contribution < -0.4 is 9.58 Å². The molecular formula is C16H22N4O2. The predicted molar refractivity (Wildman–Crippen MR) is 83.7 cm³/mol. The van der Waals surface area contributed by atoms with Gasteiger partial charge < -0.3 is 9.94 Å². The number of fused-ring (bicyclic) bond motifs is 1. The molecule has 2 heterocycles. The van der Waals surface area contributed by atoms with Gasteiger partial charge in [-0.15, -0.1) is 0 Å². The zero-order valence-corrected chi connectivity index (χ0v) is 13.0. The number of piperidine rings is 1. The van der Waals surface area contributed by atoms with E-state index in [1.807, 2.05) is 19.1 Å². The third-order valence-electron chi connectivity index (χ3n) is 4.05. The molecule has 0 aliphatic carbocycles. The van der Waals surface area contributed by atoms with Crippen molar-refractivity contribution in [3.8, 4) is 5.75 Å². The van der Waals surface area contributed by atoms with Crippen molar-refractivity contribution >= 4 is 11.0 Å². The van der Waals surface area contributed by atoms with Crippen molar-refractivity contribution in [1.29, 1.82) is 0 Å². The third-order valence-corrected chi connectivity index (χ3v) is 4.05. The quantitative estimate of drug-likeness (QED) is 0.621. The van der Waals surface area contributed by atoms with E-state index in [2.05, 4.69) is 15.0 Å². The maximum atomic E-state index is 11.8. The summed E-state index contributed by atoms with van der Waals surface area (Å²) in [4.78, 5) is 7.47. The number of benzene rings is 1. The highest BCUT2D eigenvalue weighted by Crippen LogP contribution is 2.17. The van der Waals surface area contributed by atoms with Gasteiger partial charge >= 0.3 is 0 Å². The lowest BCUT2D eigenvalue weighted by Crippen LogP contribution is -2.34. The summed E-state index contributed by atoms with van der Waals surface area (Å²) in [5.41, 5.74) is 1.11. The molecule has 1 aliphatic heterocycles. The molecule has 1 aromatic heterocycles. The van der Waals surface area contributed by atoms with Crippen LogP contribution in [0.25, 0.3) is 11.0 Å². The van der Waals surface area contributed by atoms with E-state index in [1.54, 1.807) is 6.07 Å². The Bertz CT molecular complexity index is 641. The minimum absolute atomic E-state index is 0.473. The molecule has 1 aromatic carbocycles. The van der Waals surface area contributed by atoms with Crippen molar-refractivity contribution in [2.75, 3.05) is 26.2 Å². The van der Waals surface area contributed by atoms with Crippen molar-refractivity contribution in [3.63, 3.8) is 0 Å². The van der Waals surface area contributed by atoms with E-state index in [9.17, 15) is 5.21 Å². The van der Waals surface area contributed by atoms with E-state index < -0.39 is 0 Å². The van der Waals surface area contributed by atoms with E-state index in [4.69, 9.17) is 4.74 Å². The molecule has 1 saturated heterocycles. The number of hydrogen-bond acceptors (Lipinski definition) is 5. The maximum Gasteiger partial charge on any atom is 0.270 e. The fourth-order valence-electron chi connectivity index (χ4n) is 2.79. The Balaban J connectivity index is 1.66. The molecule has 6 heteroatoms. The molecule has 22 heavy (non-hydrogen) atoms. The van der Waals surface area contributed by atoms with Crippen LogP contribution in [-0.4, -0.2) is 41.2 Å². The Morgan fingerprint density at radius 3 is 2.86 bits per heavy atom. The molecule has 118 valence electrons. The molecule has 2 aromatic rings. The van der Waals surface area contributed by atoms with Crippen LogP contribution in [0.1, 0.15) is 32.0 Å². The fourth-order valence-corrected chi connectivity index (χ4v) is 2.79. The molecule has 0 amide bonds. The molecule has 0 saturated carbocycles. The summed E-state index contributed by atoms with van der Waals surface area (Å²) in [6, 6.07) is 5.35. The molecule has 0 atom stereocenters. The van der Waals surface area contributed by atoms with Gasteiger partial charge in [0.15, 0.2) is 5.82 Å². The van der Waals surface area contributed by atoms with Crippen molar-refractivity contribution in [1.82, 2.24) is 15.0 Å². The molecule has 0 N–H and O–H groups in total. The molecule has 0 spiro atoms. The smallest absolute Gasteiger partial charge is 0.270 e. The van der Waals surface area contributed by atoms with Crippen LogP contribution in [0.4, 0.5) is 0 Å². The van der Waals surface area contributed by atoms with Crippen LogP contribution >= 0.6 is 0 Å². The molecule has 3 rings (SSSR count). The number of aromatic nitrogens is 3. The van der Waals surface area contributed by atoms with Gasteiger partial charge in [0.25, 0.3) is 5.52 Å². The number of rotatable bonds is 5. The number of likely N-dealkylation sites (tertiary alicyclic amines) is 1. The van der Waals surface area contributed by atoms with E-state index in [0.717, 1.165) is 12.3 Å². The van der Waals surface area contributed by atoms with Gasteiger partial charge in [0.1, 0.15) is 17.9 Å². The second-order valence-electron chi connectivity index (χ2n) is 5.66. The maximum absolute atomic E-state index is 11.8. The molecular weight excluding hydrogens is 280 g/mol. The van der Waals surface area contributed by atoms with Crippen LogP contribution in [0.5, 0.6) is 5.75 Å². The first kappa shape index (κ1) is 15.0.